The molecular formula is C24H33F2N5S. The van der Waals surface area contributed by atoms with E-state index in [1.54, 1.807) is 17.8 Å². The number of hydrogen-bond acceptors (Lipinski definition) is 5. The van der Waals surface area contributed by atoms with Gasteiger partial charge in [0.15, 0.2) is 11.5 Å². The second kappa shape index (κ2) is 11.9. The van der Waals surface area contributed by atoms with Crippen LogP contribution in [-0.2, 0) is 0 Å². The number of rotatable bonds is 6. The predicted molar refractivity (Wildman–Crippen MR) is 133 cm³/mol. The van der Waals surface area contributed by atoms with E-state index >= 15 is 0 Å². The van der Waals surface area contributed by atoms with Crippen molar-refractivity contribution >= 4 is 40.1 Å². The van der Waals surface area contributed by atoms with Crippen LogP contribution in [0, 0.1) is 5.92 Å². The van der Waals surface area contributed by atoms with E-state index in [0.29, 0.717) is 17.1 Å². The first kappa shape index (κ1) is 25.6. The number of nitrogens with one attached hydrogen (secondary N) is 2. The fourth-order valence-corrected chi connectivity index (χ4v) is 3.49. The van der Waals surface area contributed by atoms with Crippen LogP contribution in [0.25, 0.3) is 11.2 Å². The fraction of sp³-hybridized carbons (Fsp3) is 0.417. The zero-order valence-corrected chi connectivity index (χ0v) is 20.0. The van der Waals surface area contributed by atoms with Gasteiger partial charge in [-0.05, 0) is 42.2 Å². The van der Waals surface area contributed by atoms with Gasteiger partial charge in [-0.3, -0.25) is 0 Å². The third kappa shape index (κ3) is 6.69. The fourth-order valence-electron chi connectivity index (χ4n) is 2.89. The summed E-state index contributed by atoms with van der Waals surface area (Å²) < 4.78 is 25.9. The van der Waals surface area contributed by atoms with Crippen molar-refractivity contribution in [1.29, 1.82) is 0 Å². The lowest BCUT2D eigenvalue weighted by Gasteiger charge is -2.15. The van der Waals surface area contributed by atoms with E-state index < -0.39 is 12.2 Å². The average molecular weight is 462 g/mol. The minimum atomic E-state index is -2.70. The van der Waals surface area contributed by atoms with Gasteiger partial charge in [0.2, 0.25) is 0 Å². The average Bonchev–Trinajstić information content (AvgIpc) is 3.45. The molecule has 1 aliphatic carbocycles. The number of aromatic amines is 1. The molecule has 1 atom stereocenters. The lowest BCUT2D eigenvalue weighted by molar-refractivity contribution is 0.142. The number of nitrogen functional groups attached to an aromatic ring is 1. The number of benzene rings is 1. The van der Waals surface area contributed by atoms with Crippen molar-refractivity contribution in [2.75, 3.05) is 17.3 Å². The van der Waals surface area contributed by atoms with Crippen molar-refractivity contribution < 1.29 is 8.78 Å². The number of H-pyrrole nitrogens is 1. The molecule has 1 unspecified atom stereocenters. The highest BCUT2D eigenvalue weighted by Crippen LogP contribution is 2.34. The highest BCUT2D eigenvalue weighted by atomic mass is 32.2. The minimum absolute atomic E-state index is 0.171. The number of halogens is 2. The first-order chi connectivity index (χ1) is 15.3. The summed E-state index contributed by atoms with van der Waals surface area (Å²) in [5, 5.41) is 3.29. The van der Waals surface area contributed by atoms with Gasteiger partial charge in [0.1, 0.15) is 11.3 Å². The maximum Gasteiger partial charge on any atom is 0.295 e. The Kier molecular flexibility index (Phi) is 9.50. The standard InChI is InChI=1S/C18H21F2N5S.C4H8.C2H4/c1-4-9(2)10-5-6-11(13(7-10)26-3)22-12-8-14(21)23-17-15(12)24-18(25-17)16(19)20;1-4-2-3-4;1-2/h5-9,16H,4H2,1-3H3,(H4,21,22,23,24,25);4H,2-3H2,1H3;1-2H2. The quantitative estimate of drug-likeness (QED) is 0.259. The molecule has 5 nitrogen and oxygen atoms in total. The molecule has 1 saturated carbocycles. The molecule has 0 spiro atoms. The molecule has 0 aliphatic heterocycles. The molecule has 1 fully saturated rings. The van der Waals surface area contributed by atoms with E-state index in [2.05, 4.69) is 66.3 Å². The number of pyridine rings is 1. The molecule has 174 valence electrons. The summed E-state index contributed by atoms with van der Waals surface area (Å²) in [6.45, 7) is 12.6. The monoisotopic (exact) mass is 461 g/mol. The maximum absolute atomic E-state index is 13.0. The van der Waals surface area contributed by atoms with Crippen LogP contribution in [0.1, 0.15) is 63.8 Å². The molecule has 0 saturated heterocycles. The normalized spacial score (nSPS) is 13.7. The molecule has 0 amide bonds. The molecule has 2 heterocycles. The number of imidazole rings is 1. The van der Waals surface area contributed by atoms with E-state index in [1.165, 1.54) is 18.4 Å². The topological polar surface area (TPSA) is 79.6 Å². The van der Waals surface area contributed by atoms with Crippen LogP contribution in [0.2, 0.25) is 0 Å². The zero-order valence-electron chi connectivity index (χ0n) is 19.2. The Morgan fingerprint density at radius 2 is 1.88 bits per heavy atom. The number of aromatic nitrogens is 3. The second-order valence-electron chi connectivity index (χ2n) is 7.79. The first-order valence-corrected chi connectivity index (χ1v) is 11.9. The van der Waals surface area contributed by atoms with Gasteiger partial charge in [0.25, 0.3) is 6.43 Å². The van der Waals surface area contributed by atoms with Gasteiger partial charge in [-0.2, -0.15) is 0 Å². The van der Waals surface area contributed by atoms with Crippen molar-refractivity contribution in [1.82, 2.24) is 15.0 Å². The van der Waals surface area contributed by atoms with Crippen LogP contribution in [0.5, 0.6) is 0 Å². The number of thioether (sulfide) groups is 1. The van der Waals surface area contributed by atoms with Crippen LogP contribution in [-0.4, -0.2) is 21.2 Å². The summed E-state index contributed by atoms with van der Waals surface area (Å²) in [6, 6.07) is 7.85. The van der Waals surface area contributed by atoms with Crippen molar-refractivity contribution in [2.45, 2.75) is 57.3 Å². The predicted octanol–water partition coefficient (Wildman–Crippen LogP) is 7.68. The summed E-state index contributed by atoms with van der Waals surface area (Å²) in [5.74, 6) is 1.35. The van der Waals surface area contributed by atoms with Gasteiger partial charge in [-0.25, -0.2) is 18.7 Å². The molecule has 2 aromatic heterocycles. The van der Waals surface area contributed by atoms with Gasteiger partial charge in [0.05, 0.1) is 11.4 Å². The van der Waals surface area contributed by atoms with Crippen LogP contribution in [0.3, 0.4) is 0 Å². The van der Waals surface area contributed by atoms with Crippen molar-refractivity contribution in [3.05, 3.63) is 48.8 Å². The maximum atomic E-state index is 13.0. The molecule has 8 heteroatoms. The molecule has 4 rings (SSSR count). The van der Waals surface area contributed by atoms with E-state index in [0.717, 1.165) is 22.9 Å². The summed E-state index contributed by atoms with van der Waals surface area (Å²) in [6.07, 6.45) is 3.34. The molecule has 0 radical (unpaired) electrons. The molecule has 1 aliphatic rings. The van der Waals surface area contributed by atoms with Gasteiger partial charge in [-0.15, -0.1) is 24.9 Å². The Morgan fingerprint density at radius 1 is 1.22 bits per heavy atom. The Bertz CT molecular complexity index is 1020. The van der Waals surface area contributed by atoms with Crippen LogP contribution >= 0.6 is 11.8 Å². The molecule has 4 N–H and O–H groups in total. The zero-order chi connectivity index (χ0) is 23.8. The third-order valence-electron chi connectivity index (χ3n) is 5.25. The van der Waals surface area contributed by atoms with E-state index in [9.17, 15) is 8.78 Å². The van der Waals surface area contributed by atoms with Crippen molar-refractivity contribution in [2.24, 2.45) is 5.92 Å². The van der Waals surface area contributed by atoms with Crippen LogP contribution in [0.4, 0.5) is 26.0 Å². The van der Waals surface area contributed by atoms with Crippen molar-refractivity contribution in [3.8, 4) is 0 Å². The summed E-state index contributed by atoms with van der Waals surface area (Å²) >= 11 is 1.62. The summed E-state index contributed by atoms with van der Waals surface area (Å²) in [7, 11) is 0. The summed E-state index contributed by atoms with van der Waals surface area (Å²) in [5.41, 5.74) is 9.11. The number of hydrogen-bond donors (Lipinski definition) is 3. The lowest BCUT2D eigenvalue weighted by atomic mass is 9.98. The van der Waals surface area contributed by atoms with Crippen LogP contribution in [0.15, 0.2) is 42.3 Å². The summed E-state index contributed by atoms with van der Waals surface area (Å²) in [4.78, 5) is 11.6. The van der Waals surface area contributed by atoms with E-state index in [-0.39, 0.29) is 11.5 Å². The Balaban J connectivity index is 0.000000533. The smallest absolute Gasteiger partial charge is 0.295 e. The van der Waals surface area contributed by atoms with Gasteiger partial charge < -0.3 is 16.0 Å². The molecule has 32 heavy (non-hydrogen) atoms. The number of fused-ring (bicyclic) bond motifs is 1. The van der Waals surface area contributed by atoms with E-state index in [4.69, 9.17) is 5.73 Å². The molecule has 1 aromatic carbocycles. The molecule has 3 aromatic rings. The van der Waals surface area contributed by atoms with Gasteiger partial charge >= 0.3 is 0 Å². The Hall–Kier alpha value is -2.61. The van der Waals surface area contributed by atoms with Gasteiger partial charge in [0, 0.05) is 11.0 Å². The number of alkyl halides is 2. The first-order valence-electron chi connectivity index (χ1n) is 10.7. The number of nitrogens with two attached hydrogens (primary N) is 1. The Labute approximate surface area is 193 Å². The second-order valence-corrected chi connectivity index (χ2v) is 8.64. The van der Waals surface area contributed by atoms with Crippen molar-refractivity contribution in [3.63, 3.8) is 0 Å². The Morgan fingerprint density at radius 3 is 2.41 bits per heavy atom. The number of anilines is 3. The van der Waals surface area contributed by atoms with Gasteiger partial charge in [-0.1, -0.05) is 39.7 Å². The van der Waals surface area contributed by atoms with Crippen LogP contribution < -0.4 is 11.1 Å². The number of nitrogens with zero attached hydrogens (tertiary/aromatic N) is 2. The minimum Gasteiger partial charge on any atom is -0.384 e. The SMILES string of the molecule is C=C.CC1CC1.CCC(C)c1ccc(Nc2cc(N)nc3nc(C(F)F)[nH]c23)c(SC)c1. The van der Waals surface area contributed by atoms with E-state index in [1.807, 2.05) is 12.3 Å². The lowest BCUT2D eigenvalue weighted by Crippen LogP contribution is -1.99. The molecular weight excluding hydrogens is 428 g/mol. The highest BCUT2D eigenvalue weighted by Gasteiger charge is 2.17. The largest absolute Gasteiger partial charge is 0.384 e. The third-order valence-corrected chi connectivity index (χ3v) is 6.03. The molecule has 0 bridgehead atoms. The highest BCUT2D eigenvalue weighted by molar-refractivity contribution is 7.98.